The molecule has 0 amide bonds. The lowest BCUT2D eigenvalue weighted by Crippen LogP contribution is -2.13. The van der Waals surface area contributed by atoms with E-state index in [1.807, 2.05) is 0 Å². The monoisotopic (exact) mass is 150 g/mol. The van der Waals surface area contributed by atoms with Gasteiger partial charge < -0.3 is 0 Å². The summed E-state index contributed by atoms with van der Waals surface area (Å²) in [6.45, 7) is 4.32. The fourth-order valence-corrected chi connectivity index (χ4v) is 4.69. The van der Waals surface area contributed by atoms with E-state index in [4.69, 9.17) is 0 Å². The van der Waals surface area contributed by atoms with Gasteiger partial charge >= 0.3 is 0 Å². The maximum Gasteiger partial charge on any atom is 0.0809 e. The molecule has 1 atom stereocenters. The van der Waals surface area contributed by atoms with E-state index in [2.05, 4.69) is 13.8 Å². The summed E-state index contributed by atoms with van der Waals surface area (Å²) in [6.07, 6.45) is 0. The third-order valence-electron chi connectivity index (χ3n) is 1.09. The van der Waals surface area contributed by atoms with Crippen molar-refractivity contribution in [2.24, 2.45) is 5.41 Å². The van der Waals surface area contributed by atoms with Gasteiger partial charge in [-0.3, -0.25) is 0 Å². The molecule has 0 aromatic heterocycles. The number of rotatable bonds is 0. The third-order valence-corrected chi connectivity index (χ3v) is 4.76. The number of hydrogen-bond acceptors (Lipinski definition) is 2. The van der Waals surface area contributed by atoms with E-state index in [0.29, 0.717) is 5.41 Å². The third kappa shape index (κ3) is 1.49. The Morgan fingerprint density at radius 2 is 2.25 bits per heavy atom. The molecule has 1 unspecified atom stereocenters. The van der Waals surface area contributed by atoms with E-state index in [1.165, 1.54) is 0 Å². The van der Waals surface area contributed by atoms with Crippen LogP contribution >= 0.6 is 10.8 Å². The second-order valence-electron chi connectivity index (χ2n) is 2.87. The van der Waals surface area contributed by atoms with Crippen LogP contribution in [0.15, 0.2) is 0 Å². The normalized spacial score (nSPS) is 35.5. The molecule has 1 nitrogen and oxygen atoms in total. The average Bonchev–Trinajstić information content (AvgIpc) is 1.82. The van der Waals surface area contributed by atoms with Crippen LogP contribution in [0.25, 0.3) is 0 Å². The molecule has 0 saturated carbocycles. The molecule has 1 rings (SSSR count). The SMILES string of the molecule is CC1(C)CSS(=O)C1. The fraction of sp³-hybridized carbons (Fsp3) is 1.00. The largest absolute Gasteiger partial charge is 0.248 e. The van der Waals surface area contributed by atoms with Crippen molar-refractivity contribution >= 4 is 20.6 Å². The van der Waals surface area contributed by atoms with Crippen LogP contribution in [-0.2, 0) is 9.83 Å². The van der Waals surface area contributed by atoms with Gasteiger partial charge in [-0.25, -0.2) is 4.21 Å². The summed E-state index contributed by atoms with van der Waals surface area (Å²) in [7, 11) is 1.00. The highest BCUT2D eigenvalue weighted by Gasteiger charge is 2.28. The van der Waals surface area contributed by atoms with Crippen molar-refractivity contribution in [3.05, 3.63) is 0 Å². The lowest BCUT2D eigenvalue weighted by atomic mass is 10.0. The molecule has 0 N–H and O–H groups in total. The molecule has 0 bridgehead atoms. The summed E-state index contributed by atoms with van der Waals surface area (Å²) in [5, 5.41) is 0. The second-order valence-corrected chi connectivity index (χ2v) is 6.12. The predicted octanol–water partition coefficient (Wildman–Crippen LogP) is 1.42. The molecular weight excluding hydrogens is 140 g/mol. The van der Waals surface area contributed by atoms with Gasteiger partial charge in [-0.05, 0) is 5.41 Å². The Labute approximate surface area is 56.1 Å². The van der Waals surface area contributed by atoms with Gasteiger partial charge in [0.25, 0.3) is 0 Å². The summed E-state index contributed by atoms with van der Waals surface area (Å²) < 4.78 is 10.7. The van der Waals surface area contributed by atoms with E-state index < -0.39 is 9.83 Å². The number of hydrogen-bond donors (Lipinski definition) is 0. The molecule has 1 heterocycles. The Bertz CT molecular complexity index is 120. The zero-order valence-electron chi connectivity index (χ0n) is 5.14. The van der Waals surface area contributed by atoms with E-state index in [0.717, 1.165) is 11.5 Å². The van der Waals surface area contributed by atoms with Crippen LogP contribution in [0.3, 0.4) is 0 Å². The van der Waals surface area contributed by atoms with Gasteiger partial charge in [0, 0.05) is 11.5 Å². The molecule has 0 aliphatic carbocycles. The quantitative estimate of drug-likeness (QED) is 0.486. The highest BCUT2D eigenvalue weighted by atomic mass is 33.1. The molecule has 1 saturated heterocycles. The lowest BCUT2D eigenvalue weighted by Gasteiger charge is -2.10. The van der Waals surface area contributed by atoms with Gasteiger partial charge in [0.05, 0.1) is 9.83 Å². The van der Waals surface area contributed by atoms with Crippen molar-refractivity contribution in [3.8, 4) is 0 Å². The highest BCUT2D eigenvalue weighted by Crippen LogP contribution is 2.33. The van der Waals surface area contributed by atoms with E-state index >= 15 is 0 Å². The zero-order chi connectivity index (χ0) is 6.20. The summed E-state index contributed by atoms with van der Waals surface area (Å²) in [6, 6.07) is 0. The maximum absolute atomic E-state index is 10.7. The Morgan fingerprint density at radius 1 is 1.62 bits per heavy atom. The summed E-state index contributed by atoms with van der Waals surface area (Å²) in [4.78, 5) is 0. The first-order valence-corrected chi connectivity index (χ1v) is 5.44. The summed E-state index contributed by atoms with van der Waals surface area (Å²) in [5.41, 5.74) is 0.329. The molecule has 0 spiro atoms. The van der Waals surface area contributed by atoms with Crippen LogP contribution in [0.5, 0.6) is 0 Å². The molecule has 0 aromatic rings. The van der Waals surface area contributed by atoms with E-state index in [9.17, 15) is 4.21 Å². The fourth-order valence-electron chi connectivity index (χ4n) is 0.628. The molecular formula is C5H10OS2. The van der Waals surface area contributed by atoms with Gasteiger partial charge in [-0.1, -0.05) is 24.6 Å². The molecule has 1 aliphatic heterocycles. The van der Waals surface area contributed by atoms with Crippen LogP contribution < -0.4 is 0 Å². The Morgan fingerprint density at radius 3 is 2.38 bits per heavy atom. The minimum Gasteiger partial charge on any atom is -0.248 e. The molecule has 0 radical (unpaired) electrons. The molecule has 1 fully saturated rings. The van der Waals surface area contributed by atoms with Gasteiger partial charge in [0.1, 0.15) is 0 Å². The lowest BCUT2D eigenvalue weighted by molar-refractivity contribution is 0.494. The van der Waals surface area contributed by atoms with Crippen LogP contribution in [0.2, 0.25) is 0 Å². The van der Waals surface area contributed by atoms with Crippen LogP contribution in [0.1, 0.15) is 13.8 Å². The van der Waals surface area contributed by atoms with Crippen molar-refractivity contribution < 1.29 is 4.21 Å². The first kappa shape index (κ1) is 6.62. The van der Waals surface area contributed by atoms with Crippen LogP contribution in [-0.4, -0.2) is 15.7 Å². The minimum atomic E-state index is -0.576. The predicted molar refractivity (Wildman–Crippen MR) is 39.2 cm³/mol. The van der Waals surface area contributed by atoms with Gasteiger partial charge in [-0.15, -0.1) is 0 Å². The van der Waals surface area contributed by atoms with Crippen LogP contribution in [0.4, 0.5) is 0 Å². The first-order valence-electron chi connectivity index (χ1n) is 2.62. The van der Waals surface area contributed by atoms with Crippen LogP contribution in [0, 0.1) is 5.41 Å². The molecule has 3 heteroatoms. The van der Waals surface area contributed by atoms with E-state index in [-0.39, 0.29) is 0 Å². The second kappa shape index (κ2) is 2.03. The minimum absolute atomic E-state index is 0.329. The Balaban J connectivity index is 2.56. The topological polar surface area (TPSA) is 17.1 Å². The van der Waals surface area contributed by atoms with Crippen molar-refractivity contribution in [2.45, 2.75) is 13.8 Å². The first-order chi connectivity index (χ1) is 3.60. The van der Waals surface area contributed by atoms with Gasteiger partial charge in [0.15, 0.2) is 0 Å². The summed E-state index contributed by atoms with van der Waals surface area (Å²) in [5.74, 6) is 1.93. The van der Waals surface area contributed by atoms with Crippen molar-refractivity contribution in [1.29, 1.82) is 0 Å². The molecule has 0 aromatic carbocycles. The van der Waals surface area contributed by atoms with Gasteiger partial charge in [-0.2, -0.15) is 0 Å². The van der Waals surface area contributed by atoms with E-state index in [1.54, 1.807) is 10.8 Å². The van der Waals surface area contributed by atoms with Crippen molar-refractivity contribution in [3.63, 3.8) is 0 Å². The van der Waals surface area contributed by atoms with Gasteiger partial charge in [0.2, 0.25) is 0 Å². The Hall–Kier alpha value is 0.500. The average molecular weight is 150 g/mol. The zero-order valence-corrected chi connectivity index (χ0v) is 6.77. The Kier molecular flexibility index (Phi) is 1.68. The summed E-state index contributed by atoms with van der Waals surface area (Å²) >= 11 is 0. The molecule has 8 heavy (non-hydrogen) atoms. The smallest absolute Gasteiger partial charge is 0.0809 e. The molecule has 48 valence electrons. The van der Waals surface area contributed by atoms with Crippen molar-refractivity contribution in [1.82, 2.24) is 0 Å². The highest BCUT2D eigenvalue weighted by molar-refractivity contribution is 8.69. The standard InChI is InChI=1S/C5H10OS2/c1-5(2)3-7-8(6)4-5/h3-4H2,1-2H3. The van der Waals surface area contributed by atoms with Crippen molar-refractivity contribution in [2.75, 3.05) is 11.5 Å². The molecule has 1 aliphatic rings. The maximum atomic E-state index is 10.7.